The van der Waals surface area contributed by atoms with E-state index in [0.717, 1.165) is 13.0 Å². The summed E-state index contributed by atoms with van der Waals surface area (Å²) in [6, 6.07) is 11.2. The highest BCUT2D eigenvalue weighted by Crippen LogP contribution is 2.23. The van der Waals surface area contributed by atoms with Gasteiger partial charge in [-0.3, -0.25) is 4.98 Å². The van der Waals surface area contributed by atoms with Gasteiger partial charge in [0.05, 0.1) is 6.04 Å². The summed E-state index contributed by atoms with van der Waals surface area (Å²) in [5.74, 6) is 0. The molecule has 0 radical (unpaired) electrons. The first-order valence-electron chi connectivity index (χ1n) is 6.98. The van der Waals surface area contributed by atoms with E-state index in [1.165, 1.54) is 22.3 Å². The Morgan fingerprint density at radius 2 is 1.95 bits per heavy atom. The van der Waals surface area contributed by atoms with Crippen LogP contribution in [0, 0.1) is 6.92 Å². The first-order valence-corrected chi connectivity index (χ1v) is 6.98. The molecule has 0 spiro atoms. The van der Waals surface area contributed by atoms with Gasteiger partial charge in [0.15, 0.2) is 0 Å². The summed E-state index contributed by atoms with van der Waals surface area (Å²) in [7, 11) is 0. The second-order valence-corrected chi connectivity index (χ2v) is 4.88. The van der Waals surface area contributed by atoms with Gasteiger partial charge in [0.1, 0.15) is 0 Å². The maximum Gasteiger partial charge on any atom is 0.0592 e. The number of aryl methyl sites for hydroxylation is 2. The van der Waals surface area contributed by atoms with E-state index >= 15 is 0 Å². The minimum Gasteiger partial charge on any atom is -0.306 e. The van der Waals surface area contributed by atoms with Gasteiger partial charge < -0.3 is 5.32 Å². The third kappa shape index (κ3) is 3.42. The second kappa shape index (κ2) is 6.48. The van der Waals surface area contributed by atoms with Crippen molar-refractivity contribution in [2.45, 2.75) is 33.2 Å². The molecule has 0 aliphatic carbocycles. The lowest BCUT2D eigenvalue weighted by Gasteiger charge is -2.19. The topological polar surface area (TPSA) is 24.9 Å². The molecule has 100 valence electrons. The molecule has 0 bridgehead atoms. The van der Waals surface area contributed by atoms with Crippen LogP contribution in [-0.2, 0) is 6.42 Å². The van der Waals surface area contributed by atoms with E-state index in [-0.39, 0.29) is 6.04 Å². The van der Waals surface area contributed by atoms with Crippen molar-refractivity contribution in [1.29, 1.82) is 0 Å². The first kappa shape index (κ1) is 13.8. The average molecular weight is 254 g/mol. The van der Waals surface area contributed by atoms with E-state index < -0.39 is 0 Å². The molecule has 2 nitrogen and oxygen atoms in total. The molecule has 2 rings (SSSR count). The second-order valence-electron chi connectivity index (χ2n) is 4.88. The fourth-order valence-corrected chi connectivity index (χ4v) is 2.36. The fraction of sp³-hybridized carbons (Fsp3) is 0.353. The zero-order valence-electron chi connectivity index (χ0n) is 12.0. The van der Waals surface area contributed by atoms with Gasteiger partial charge in [0.25, 0.3) is 0 Å². The lowest BCUT2D eigenvalue weighted by atomic mass is 9.97. The molecule has 19 heavy (non-hydrogen) atoms. The Morgan fingerprint density at radius 1 is 1.11 bits per heavy atom. The van der Waals surface area contributed by atoms with Gasteiger partial charge in [-0.05, 0) is 42.1 Å². The Kier molecular flexibility index (Phi) is 4.69. The quantitative estimate of drug-likeness (QED) is 0.881. The Labute approximate surface area is 115 Å². The Bertz CT molecular complexity index is 534. The predicted molar refractivity (Wildman–Crippen MR) is 80.3 cm³/mol. The van der Waals surface area contributed by atoms with E-state index in [1.54, 1.807) is 0 Å². The first-order chi connectivity index (χ1) is 9.24. The normalized spacial score (nSPS) is 12.4. The van der Waals surface area contributed by atoms with Crippen molar-refractivity contribution in [1.82, 2.24) is 10.3 Å². The molecule has 1 aromatic carbocycles. The van der Waals surface area contributed by atoms with Crippen LogP contribution < -0.4 is 5.32 Å². The van der Waals surface area contributed by atoms with Gasteiger partial charge >= 0.3 is 0 Å². The van der Waals surface area contributed by atoms with Crippen molar-refractivity contribution in [3.8, 4) is 0 Å². The van der Waals surface area contributed by atoms with Crippen molar-refractivity contribution in [2.24, 2.45) is 0 Å². The molecule has 2 heteroatoms. The summed E-state index contributed by atoms with van der Waals surface area (Å²) in [4.78, 5) is 4.32. The summed E-state index contributed by atoms with van der Waals surface area (Å²) in [6.07, 6.45) is 4.92. The van der Waals surface area contributed by atoms with E-state index in [1.807, 2.05) is 12.4 Å². The number of pyridine rings is 1. The third-order valence-electron chi connectivity index (χ3n) is 3.33. The maximum atomic E-state index is 4.32. The van der Waals surface area contributed by atoms with Gasteiger partial charge in [-0.2, -0.15) is 0 Å². The van der Waals surface area contributed by atoms with Gasteiger partial charge in [-0.15, -0.1) is 0 Å². The fourth-order valence-electron chi connectivity index (χ4n) is 2.36. The molecule has 1 atom stereocenters. The maximum absolute atomic E-state index is 4.32. The molecule has 0 aliphatic rings. The van der Waals surface area contributed by atoms with Crippen molar-refractivity contribution >= 4 is 0 Å². The number of benzene rings is 1. The van der Waals surface area contributed by atoms with Crippen molar-refractivity contribution < 1.29 is 0 Å². The van der Waals surface area contributed by atoms with Crippen molar-refractivity contribution in [2.75, 3.05) is 6.54 Å². The van der Waals surface area contributed by atoms with Gasteiger partial charge in [-0.1, -0.05) is 44.2 Å². The van der Waals surface area contributed by atoms with Crippen LogP contribution in [-0.4, -0.2) is 11.5 Å². The number of nitrogens with zero attached hydrogens (tertiary/aromatic N) is 1. The van der Waals surface area contributed by atoms with Crippen LogP contribution in [0.1, 0.15) is 42.1 Å². The summed E-state index contributed by atoms with van der Waals surface area (Å²) in [6.45, 7) is 7.35. The van der Waals surface area contributed by atoms with Crippen LogP contribution in [0.4, 0.5) is 0 Å². The number of aromatic nitrogens is 1. The van der Waals surface area contributed by atoms with Crippen molar-refractivity contribution in [3.05, 3.63) is 65.0 Å². The molecule has 0 amide bonds. The van der Waals surface area contributed by atoms with Crippen LogP contribution in [0.5, 0.6) is 0 Å². The number of nitrogens with one attached hydrogen (secondary N) is 1. The van der Waals surface area contributed by atoms with Crippen LogP contribution in [0.2, 0.25) is 0 Å². The van der Waals surface area contributed by atoms with E-state index in [2.05, 4.69) is 61.4 Å². The molecular weight excluding hydrogens is 232 g/mol. The van der Waals surface area contributed by atoms with E-state index in [4.69, 9.17) is 0 Å². The van der Waals surface area contributed by atoms with Gasteiger partial charge in [0.2, 0.25) is 0 Å². The summed E-state index contributed by atoms with van der Waals surface area (Å²) in [5.41, 5.74) is 5.12. The molecule has 0 saturated carbocycles. The van der Waals surface area contributed by atoms with E-state index in [9.17, 15) is 0 Å². The van der Waals surface area contributed by atoms with Gasteiger partial charge in [-0.25, -0.2) is 0 Å². The molecule has 1 N–H and O–H groups in total. The van der Waals surface area contributed by atoms with Crippen LogP contribution >= 0.6 is 0 Å². The molecule has 1 aromatic heterocycles. The molecule has 1 unspecified atom stereocenters. The molecular formula is C17H22N2. The Hall–Kier alpha value is -1.67. The summed E-state index contributed by atoms with van der Waals surface area (Å²) < 4.78 is 0. The molecule has 2 aromatic rings. The Morgan fingerprint density at radius 3 is 2.63 bits per heavy atom. The lowest BCUT2D eigenvalue weighted by Crippen LogP contribution is -2.22. The predicted octanol–water partition coefficient (Wildman–Crippen LogP) is 3.65. The van der Waals surface area contributed by atoms with Gasteiger partial charge in [0, 0.05) is 12.4 Å². The van der Waals surface area contributed by atoms with E-state index in [0.29, 0.717) is 0 Å². The minimum absolute atomic E-state index is 0.226. The number of hydrogen-bond acceptors (Lipinski definition) is 2. The smallest absolute Gasteiger partial charge is 0.0592 e. The van der Waals surface area contributed by atoms with Crippen molar-refractivity contribution in [3.63, 3.8) is 0 Å². The summed E-state index contributed by atoms with van der Waals surface area (Å²) in [5, 5.41) is 3.55. The summed E-state index contributed by atoms with van der Waals surface area (Å²) >= 11 is 0. The molecule has 1 heterocycles. The largest absolute Gasteiger partial charge is 0.306 e. The zero-order chi connectivity index (χ0) is 13.7. The zero-order valence-corrected chi connectivity index (χ0v) is 12.0. The molecule has 0 aliphatic heterocycles. The number of hydrogen-bond donors (Lipinski definition) is 1. The molecule has 0 saturated heterocycles. The molecule has 0 fully saturated rings. The highest BCUT2D eigenvalue weighted by molar-refractivity contribution is 5.34. The lowest BCUT2D eigenvalue weighted by molar-refractivity contribution is 0.627. The highest BCUT2D eigenvalue weighted by atomic mass is 14.9. The van der Waals surface area contributed by atoms with Crippen LogP contribution in [0.25, 0.3) is 0 Å². The highest BCUT2D eigenvalue weighted by Gasteiger charge is 2.13. The average Bonchev–Trinajstić information content (AvgIpc) is 2.45. The Balaban J connectivity index is 2.38. The standard InChI is InChI=1S/C17H22N2/c1-4-14-7-6-8-15(10-14)17(19-5-2)16-9-13(3)11-18-12-16/h6-12,17,19H,4-5H2,1-3H3. The van der Waals surface area contributed by atoms with Crippen LogP contribution in [0.3, 0.4) is 0 Å². The SMILES string of the molecule is CCNC(c1cncc(C)c1)c1cccc(CC)c1. The number of rotatable bonds is 5. The monoisotopic (exact) mass is 254 g/mol. The minimum atomic E-state index is 0.226. The van der Waals surface area contributed by atoms with Crippen LogP contribution in [0.15, 0.2) is 42.7 Å². The third-order valence-corrected chi connectivity index (χ3v) is 3.33.